The molecule has 158 valence electrons. The number of rotatable bonds is 3. The standard InChI is InChI=1S/C20H18F2N4O3.ClH/c1-11-9-25(5-4-24-11)18-7-17-12(6-14(18)21)19(27)13(20(28)29)10-26(17)16-2-3-23-8-15(16)22;/h2-3,6-8,10-11,24H,4-5,9H2,1H3,(H,28,29);1H. The molecule has 1 saturated heterocycles. The van der Waals surface area contributed by atoms with Gasteiger partial charge in [0.15, 0.2) is 5.82 Å². The van der Waals surface area contributed by atoms with E-state index in [2.05, 4.69) is 10.3 Å². The zero-order valence-electron chi connectivity index (χ0n) is 15.9. The third kappa shape index (κ3) is 3.73. The molecule has 3 aromatic rings. The van der Waals surface area contributed by atoms with Gasteiger partial charge in [0.05, 0.1) is 23.1 Å². The molecule has 0 radical (unpaired) electrons. The van der Waals surface area contributed by atoms with Gasteiger partial charge in [0.1, 0.15) is 11.4 Å². The van der Waals surface area contributed by atoms with Crippen molar-refractivity contribution in [3.8, 4) is 5.69 Å². The number of carbonyl (C=O) groups is 1. The summed E-state index contributed by atoms with van der Waals surface area (Å²) in [5.41, 5.74) is -0.892. The van der Waals surface area contributed by atoms with Crippen LogP contribution in [0, 0.1) is 11.6 Å². The number of anilines is 1. The molecule has 0 bridgehead atoms. The minimum Gasteiger partial charge on any atom is -0.477 e. The van der Waals surface area contributed by atoms with Gasteiger partial charge in [0, 0.05) is 43.5 Å². The molecule has 1 unspecified atom stereocenters. The second-order valence-electron chi connectivity index (χ2n) is 7.00. The van der Waals surface area contributed by atoms with Gasteiger partial charge < -0.3 is 19.9 Å². The van der Waals surface area contributed by atoms with Crippen LogP contribution in [0.3, 0.4) is 0 Å². The molecule has 1 fully saturated rings. The number of carboxylic acid groups (broad SMARTS) is 1. The predicted octanol–water partition coefficient (Wildman–Crippen LogP) is 2.58. The van der Waals surface area contributed by atoms with Crippen molar-refractivity contribution in [3.63, 3.8) is 0 Å². The van der Waals surface area contributed by atoms with Crippen LogP contribution in [-0.2, 0) is 0 Å². The largest absolute Gasteiger partial charge is 0.477 e. The Labute approximate surface area is 176 Å². The van der Waals surface area contributed by atoms with E-state index in [0.717, 1.165) is 18.5 Å². The molecule has 0 spiro atoms. The number of fused-ring (bicyclic) bond motifs is 1. The Morgan fingerprint density at radius 3 is 2.70 bits per heavy atom. The fourth-order valence-corrected chi connectivity index (χ4v) is 3.64. The highest BCUT2D eigenvalue weighted by atomic mass is 35.5. The van der Waals surface area contributed by atoms with Crippen molar-refractivity contribution in [2.24, 2.45) is 0 Å². The maximum Gasteiger partial charge on any atom is 0.341 e. The lowest BCUT2D eigenvalue weighted by atomic mass is 10.1. The first-order valence-corrected chi connectivity index (χ1v) is 9.07. The Morgan fingerprint density at radius 1 is 1.27 bits per heavy atom. The highest BCUT2D eigenvalue weighted by molar-refractivity contribution is 5.94. The molecule has 0 aliphatic carbocycles. The smallest absolute Gasteiger partial charge is 0.341 e. The predicted molar refractivity (Wildman–Crippen MR) is 111 cm³/mol. The highest BCUT2D eigenvalue weighted by Crippen LogP contribution is 2.28. The zero-order valence-corrected chi connectivity index (χ0v) is 16.7. The second kappa shape index (κ2) is 8.37. The molecule has 1 aromatic carbocycles. The molecule has 2 aromatic heterocycles. The van der Waals surface area contributed by atoms with Gasteiger partial charge in [-0.15, -0.1) is 12.4 Å². The topological polar surface area (TPSA) is 87.5 Å². The summed E-state index contributed by atoms with van der Waals surface area (Å²) in [6, 6.07) is 4.01. The lowest BCUT2D eigenvalue weighted by molar-refractivity contribution is 0.0695. The van der Waals surface area contributed by atoms with Gasteiger partial charge in [-0.2, -0.15) is 0 Å². The molecule has 2 N–H and O–H groups in total. The van der Waals surface area contributed by atoms with E-state index in [0.29, 0.717) is 19.6 Å². The minimum atomic E-state index is -1.47. The van der Waals surface area contributed by atoms with Crippen LogP contribution < -0.4 is 15.6 Å². The Balaban J connectivity index is 0.00000256. The average molecular weight is 437 g/mol. The second-order valence-corrected chi connectivity index (χ2v) is 7.00. The number of hydrogen-bond donors (Lipinski definition) is 2. The summed E-state index contributed by atoms with van der Waals surface area (Å²) in [4.78, 5) is 29.7. The van der Waals surface area contributed by atoms with E-state index in [-0.39, 0.29) is 40.7 Å². The van der Waals surface area contributed by atoms with Crippen molar-refractivity contribution in [3.05, 3.63) is 64.2 Å². The fraction of sp³-hybridized carbons (Fsp3) is 0.250. The van der Waals surface area contributed by atoms with E-state index in [1.807, 2.05) is 11.8 Å². The number of piperazine rings is 1. The molecule has 1 atom stereocenters. The van der Waals surface area contributed by atoms with E-state index in [4.69, 9.17) is 0 Å². The molecule has 1 aliphatic heterocycles. The van der Waals surface area contributed by atoms with Crippen molar-refractivity contribution in [2.45, 2.75) is 13.0 Å². The first-order valence-electron chi connectivity index (χ1n) is 9.07. The Bertz CT molecular complexity index is 1180. The number of carboxylic acids is 1. The van der Waals surface area contributed by atoms with Crippen molar-refractivity contribution in [1.29, 1.82) is 0 Å². The molecule has 30 heavy (non-hydrogen) atoms. The van der Waals surface area contributed by atoms with E-state index < -0.39 is 28.6 Å². The SMILES string of the molecule is CC1CN(c2cc3c(cc2F)c(=O)c(C(=O)O)cn3-c2ccncc2F)CCN1.Cl. The van der Waals surface area contributed by atoms with Gasteiger partial charge >= 0.3 is 5.97 Å². The fourth-order valence-electron chi connectivity index (χ4n) is 3.64. The lowest BCUT2D eigenvalue weighted by Crippen LogP contribution is -2.49. The number of hydrogen-bond acceptors (Lipinski definition) is 5. The van der Waals surface area contributed by atoms with Crippen LogP contribution in [0.15, 0.2) is 41.6 Å². The molecular weight excluding hydrogens is 418 g/mol. The highest BCUT2D eigenvalue weighted by Gasteiger charge is 2.23. The molecule has 0 amide bonds. The van der Waals surface area contributed by atoms with Gasteiger partial charge in [0.25, 0.3) is 0 Å². The third-order valence-corrected chi connectivity index (χ3v) is 5.02. The third-order valence-electron chi connectivity index (χ3n) is 5.02. The van der Waals surface area contributed by atoms with Crippen molar-refractivity contribution < 1.29 is 18.7 Å². The quantitative estimate of drug-likeness (QED) is 0.656. The normalized spacial score (nSPS) is 16.4. The van der Waals surface area contributed by atoms with Gasteiger partial charge in [-0.25, -0.2) is 13.6 Å². The molecule has 10 heteroatoms. The van der Waals surface area contributed by atoms with Crippen LogP contribution in [0.4, 0.5) is 14.5 Å². The van der Waals surface area contributed by atoms with Crippen LogP contribution in [0.2, 0.25) is 0 Å². The molecular formula is C20H19ClF2N4O3. The van der Waals surface area contributed by atoms with Crippen molar-refractivity contribution in [2.75, 3.05) is 24.5 Å². The number of pyridine rings is 2. The summed E-state index contributed by atoms with van der Waals surface area (Å²) in [5.74, 6) is -2.80. The van der Waals surface area contributed by atoms with Crippen molar-refractivity contribution >= 4 is 35.0 Å². The molecule has 1 aliphatic rings. The molecule has 0 saturated carbocycles. The maximum atomic E-state index is 14.9. The number of benzene rings is 1. The van der Waals surface area contributed by atoms with Gasteiger partial charge in [-0.05, 0) is 25.1 Å². The first-order chi connectivity index (χ1) is 13.9. The zero-order chi connectivity index (χ0) is 20.7. The average Bonchev–Trinajstić information content (AvgIpc) is 2.69. The summed E-state index contributed by atoms with van der Waals surface area (Å²) in [7, 11) is 0. The Morgan fingerprint density at radius 2 is 2.03 bits per heavy atom. The Kier molecular flexibility index (Phi) is 6.04. The summed E-state index contributed by atoms with van der Waals surface area (Å²) in [5, 5.41) is 12.5. The van der Waals surface area contributed by atoms with Crippen molar-refractivity contribution in [1.82, 2.24) is 14.9 Å². The minimum absolute atomic E-state index is 0. The summed E-state index contributed by atoms with van der Waals surface area (Å²) >= 11 is 0. The number of aromatic carboxylic acids is 1. The van der Waals surface area contributed by atoms with Gasteiger partial charge in [0.2, 0.25) is 5.43 Å². The number of aromatic nitrogens is 2. The Hall–Kier alpha value is -3.04. The van der Waals surface area contributed by atoms with E-state index in [1.54, 1.807) is 0 Å². The van der Waals surface area contributed by atoms with Gasteiger partial charge in [-0.3, -0.25) is 9.78 Å². The van der Waals surface area contributed by atoms with E-state index >= 15 is 0 Å². The number of nitrogens with zero attached hydrogens (tertiary/aromatic N) is 3. The summed E-state index contributed by atoms with van der Waals surface area (Å²) in [6.07, 6.45) is 3.40. The molecule has 4 rings (SSSR count). The summed E-state index contributed by atoms with van der Waals surface area (Å²) in [6.45, 7) is 3.77. The van der Waals surface area contributed by atoms with Crippen LogP contribution >= 0.6 is 12.4 Å². The first kappa shape index (κ1) is 21.7. The van der Waals surface area contributed by atoms with Crippen LogP contribution in [-0.4, -0.2) is 46.3 Å². The van der Waals surface area contributed by atoms with E-state index in [1.165, 1.54) is 22.9 Å². The lowest BCUT2D eigenvalue weighted by Gasteiger charge is -2.34. The van der Waals surface area contributed by atoms with E-state index in [9.17, 15) is 23.5 Å². The number of nitrogens with one attached hydrogen (secondary N) is 1. The molecule has 3 heterocycles. The van der Waals surface area contributed by atoms with Crippen LogP contribution in [0.5, 0.6) is 0 Å². The molecule has 7 nitrogen and oxygen atoms in total. The van der Waals surface area contributed by atoms with Gasteiger partial charge in [-0.1, -0.05) is 0 Å². The maximum absolute atomic E-state index is 14.9. The monoisotopic (exact) mass is 436 g/mol. The summed E-state index contributed by atoms with van der Waals surface area (Å²) < 4.78 is 30.6. The van der Waals surface area contributed by atoms with Crippen LogP contribution in [0.1, 0.15) is 17.3 Å². The number of halogens is 3. The van der Waals surface area contributed by atoms with Crippen LogP contribution in [0.25, 0.3) is 16.6 Å².